The number of anilines is 1. The number of nitrogens with one attached hydrogen (secondary N) is 1. The summed E-state index contributed by atoms with van der Waals surface area (Å²) in [5.41, 5.74) is 0.450. The molecule has 1 heterocycles. The molecule has 0 bridgehead atoms. The number of nitrogens with zero attached hydrogens (tertiary/aromatic N) is 3. The predicted molar refractivity (Wildman–Crippen MR) is 81.1 cm³/mol. The highest BCUT2D eigenvalue weighted by Gasteiger charge is 2.17. The number of benzene rings is 1. The van der Waals surface area contributed by atoms with Crippen LogP contribution in [0.4, 0.5) is 10.7 Å². The van der Waals surface area contributed by atoms with E-state index in [9.17, 15) is 10.1 Å². The largest absolute Gasteiger partial charge is 0.480 e. The molecule has 112 valence electrons. The maximum atomic E-state index is 11.0. The van der Waals surface area contributed by atoms with Crippen LogP contribution in [-0.4, -0.2) is 21.1 Å². The zero-order valence-electron chi connectivity index (χ0n) is 11.2. The van der Waals surface area contributed by atoms with Crippen molar-refractivity contribution in [1.82, 2.24) is 9.59 Å². The summed E-state index contributed by atoms with van der Waals surface area (Å²) in [4.78, 5) is 10.4. The molecule has 0 aliphatic heterocycles. The SMILES string of the molecule is CCCNc1snnc1COc1ccc(Cl)cc1[N+](=O)[O-]. The van der Waals surface area contributed by atoms with Gasteiger partial charge >= 0.3 is 5.69 Å². The summed E-state index contributed by atoms with van der Waals surface area (Å²) < 4.78 is 9.34. The average molecular weight is 329 g/mol. The number of rotatable bonds is 7. The lowest BCUT2D eigenvalue weighted by atomic mass is 10.3. The van der Waals surface area contributed by atoms with Crippen LogP contribution in [0.1, 0.15) is 19.0 Å². The Bertz CT molecular complexity index is 635. The molecule has 0 unspecified atom stereocenters. The van der Waals surface area contributed by atoms with E-state index < -0.39 is 4.92 Å². The number of ether oxygens (including phenoxy) is 1. The van der Waals surface area contributed by atoms with Gasteiger partial charge in [-0.2, -0.15) is 0 Å². The molecule has 0 aliphatic rings. The van der Waals surface area contributed by atoms with Gasteiger partial charge in [-0.3, -0.25) is 10.1 Å². The Kier molecular flexibility index (Phi) is 5.29. The Morgan fingerprint density at radius 3 is 3.05 bits per heavy atom. The molecule has 9 heteroatoms. The Morgan fingerprint density at radius 2 is 2.33 bits per heavy atom. The Labute approximate surface area is 130 Å². The lowest BCUT2D eigenvalue weighted by molar-refractivity contribution is -0.385. The molecule has 1 N–H and O–H groups in total. The molecule has 1 aromatic heterocycles. The third kappa shape index (κ3) is 4.02. The fourth-order valence-electron chi connectivity index (χ4n) is 1.58. The molecule has 2 aromatic rings. The molecule has 1 aromatic carbocycles. The number of aromatic nitrogens is 2. The Hall–Kier alpha value is -1.93. The Morgan fingerprint density at radius 1 is 1.52 bits per heavy atom. The van der Waals surface area contributed by atoms with Gasteiger partial charge in [0.2, 0.25) is 0 Å². The maximum Gasteiger partial charge on any atom is 0.312 e. The lowest BCUT2D eigenvalue weighted by Gasteiger charge is -2.07. The number of nitro benzene ring substituents is 1. The summed E-state index contributed by atoms with van der Waals surface area (Å²) in [7, 11) is 0. The quantitative estimate of drug-likeness (QED) is 0.618. The first-order valence-corrected chi connectivity index (χ1v) is 7.38. The first-order valence-electron chi connectivity index (χ1n) is 6.23. The standard InChI is InChI=1S/C12H13ClN4O3S/c1-2-5-14-12-9(15-16-21-12)7-20-11-4-3-8(13)6-10(11)17(18)19/h3-4,6,14H,2,5,7H2,1H3. The van der Waals surface area contributed by atoms with Gasteiger partial charge in [0, 0.05) is 29.2 Å². The number of nitro groups is 1. The van der Waals surface area contributed by atoms with Gasteiger partial charge in [-0.05, 0) is 18.6 Å². The molecule has 0 atom stereocenters. The van der Waals surface area contributed by atoms with E-state index in [-0.39, 0.29) is 23.1 Å². The van der Waals surface area contributed by atoms with Crippen LogP contribution < -0.4 is 10.1 Å². The van der Waals surface area contributed by atoms with E-state index in [1.165, 1.54) is 23.7 Å². The van der Waals surface area contributed by atoms with Crippen LogP contribution in [0.5, 0.6) is 5.75 Å². The van der Waals surface area contributed by atoms with Crippen LogP contribution in [0.2, 0.25) is 5.02 Å². The number of halogens is 1. The summed E-state index contributed by atoms with van der Waals surface area (Å²) >= 11 is 6.98. The van der Waals surface area contributed by atoms with Crippen LogP contribution in [0.15, 0.2) is 18.2 Å². The van der Waals surface area contributed by atoms with Crippen molar-refractivity contribution in [1.29, 1.82) is 0 Å². The third-order valence-electron chi connectivity index (χ3n) is 2.57. The van der Waals surface area contributed by atoms with Crippen molar-refractivity contribution >= 4 is 33.8 Å². The minimum absolute atomic E-state index is 0.102. The predicted octanol–water partition coefficient (Wildman–Crippen LogP) is 3.50. The third-order valence-corrected chi connectivity index (χ3v) is 3.53. The summed E-state index contributed by atoms with van der Waals surface area (Å²) in [5.74, 6) is 0.152. The van der Waals surface area contributed by atoms with Crippen molar-refractivity contribution in [3.8, 4) is 5.75 Å². The molecule has 0 radical (unpaired) electrons. The van der Waals surface area contributed by atoms with Crippen molar-refractivity contribution in [2.45, 2.75) is 20.0 Å². The summed E-state index contributed by atoms with van der Waals surface area (Å²) in [5, 5.41) is 19.2. The second kappa shape index (κ2) is 7.19. The second-order valence-electron chi connectivity index (χ2n) is 4.13. The number of hydrogen-bond donors (Lipinski definition) is 1. The van der Waals surface area contributed by atoms with Gasteiger partial charge in [0.1, 0.15) is 17.3 Å². The first kappa shape index (κ1) is 15.5. The van der Waals surface area contributed by atoms with Crippen LogP contribution in [0.3, 0.4) is 0 Å². The minimum atomic E-state index is -0.531. The van der Waals surface area contributed by atoms with Gasteiger partial charge in [0.15, 0.2) is 5.75 Å². The van der Waals surface area contributed by atoms with E-state index in [2.05, 4.69) is 21.8 Å². The van der Waals surface area contributed by atoms with E-state index >= 15 is 0 Å². The summed E-state index contributed by atoms with van der Waals surface area (Å²) in [6.07, 6.45) is 0.973. The van der Waals surface area contributed by atoms with Crippen LogP contribution >= 0.6 is 23.1 Å². The molecule has 0 saturated carbocycles. The van der Waals surface area contributed by atoms with Crippen molar-refractivity contribution in [3.05, 3.63) is 39.0 Å². The summed E-state index contributed by atoms with van der Waals surface area (Å²) in [6.45, 7) is 2.96. The van der Waals surface area contributed by atoms with Crippen molar-refractivity contribution in [2.75, 3.05) is 11.9 Å². The Balaban J connectivity index is 2.10. The topological polar surface area (TPSA) is 90.2 Å². The van der Waals surface area contributed by atoms with Gasteiger partial charge in [0.25, 0.3) is 0 Å². The minimum Gasteiger partial charge on any atom is -0.480 e. The summed E-state index contributed by atoms with van der Waals surface area (Å²) in [6, 6.07) is 4.27. The molecule has 0 saturated heterocycles. The molecular weight excluding hydrogens is 316 g/mol. The van der Waals surface area contributed by atoms with Gasteiger partial charge < -0.3 is 10.1 Å². The van der Waals surface area contributed by atoms with Crippen LogP contribution in [0, 0.1) is 10.1 Å². The van der Waals surface area contributed by atoms with E-state index in [0.717, 1.165) is 18.0 Å². The average Bonchev–Trinajstić information content (AvgIpc) is 2.91. The van der Waals surface area contributed by atoms with Gasteiger partial charge in [0.05, 0.1) is 4.92 Å². The van der Waals surface area contributed by atoms with Crippen molar-refractivity contribution < 1.29 is 9.66 Å². The van der Waals surface area contributed by atoms with Gasteiger partial charge in [-0.1, -0.05) is 23.0 Å². The van der Waals surface area contributed by atoms with E-state index in [0.29, 0.717) is 5.69 Å². The highest BCUT2D eigenvalue weighted by Crippen LogP contribution is 2.31. The zero-order valence-corrected chi connectivity index (χ0v) is 12.8. The van der Waals surface area contributed by atoms with Crippen LogP contribution in [0.25, 0.3) is 0 Å². The number of hydrogen-bond acceptors (Lipinski definition) is 7. The van der Waals surface area contributed by atoms with Gasteiger partial charge in [-0.15, -0.1) is 5.10 Å². The van der Waals surface area contributed by atoms with Gasteiger partial charge in [-0.25, -0.2) is 0 Å². The molecular formula is C12H13ClN4O3S. The monoisotopic (exact) mass is 328 g/mol. The first-order chi connectivity index (χ1) is 10.1. The molecule has 0 spiro atoms. The smallest absolute Gasteiger partial charge is 0.312 e. The molecule has 0 aliphatic carbocycles. The van der Waals surface area contributed by atoms with E-state index in [1.807, 2.05) is 0 Å². The second-order valence-corrected chi connectivity index (χ2v) is 5.32. The van der Waals surface area contributed by atoms with Crippen molar-refractivity contribution in [3.63, 3.8) is 0 Å². The molecule has 21 heavy (non-hydrogen) atoms. The fraction of sp³-hybridized carbons (Fsp3) is 0.333. The highest BCUT2D eigenvalue weighted by atomic mass is 35.5. The maximum absolute atomic E-state index is 11.0. The van der Waals surface area contributed by atoms with Crippen molar-refractivity contribution in [2.24, 2.45) is 0 Å². The fourth-order valence-corrected chi connectivity index (χ4v) is 2.34. The molecule has 2 rings (SSSR count). The molecule has 7 nitrogen and oxygen atoms in total. The van der Waals surface area contributed by atoms with E-state index in [4.69, 9.17) is 16.3 Å². The highest BCUT2D eigenvalue weighted by molar-refractivity contribution is 7.10. The zero-order chi connectivity index (χ0) is 15.2. The van der Waals surface area contributed by atoms with E-state index in [1.54, 1.807) is 6.07 Å². The molecule has 0 amide bonds. The normalized spacial score (nSPS) is 10.4. The lowest BCUT2D eigenvalue weighted by Crippen LogP contribution is -2.04. The molecule has 0 fully saturated rings. The van der Waals surface area contributed by atoms with Crippen LogP contribution in [-0.2, 0) is 6.61 Å².